The first-order valence-corrected chi connectivity index (χ1v) is 7.90. The Labute approximate surface area is 133 Å². The fraction of sp³-hybridized carbons (Fsp3) is 0.471. The molecular formula is C17H25N5. The zero-order valence-corrected chi connectivity index (χ0v) is 14.0. The summed E-state index contributed by atoms with van der Waals surface area (Å²) in [5, 5.41) is 8.29. The summed E-state index contributed by atoms with van der Waals surface area (Å²) in [7, 11) is 2.01. The van der Waals surface area contributed by atoms with E-state index in [-0.39, 0.29) is 0 Å². The number of anilines is 3. The van der Waals surface area contributed by atoms with Crippen molar-refractivity contribution in [2.24, 2.45) is 0 Å². The van der Waals surface area contributed by atoms with E-state index in [1.807, 2.05) is 7.05 Å². The summed E-state index contributed by atoms with van der Waals surface area (Å²) in [5.74, 6) is 1.51. The molecule has 0 aliphatic carbocycles. The Hall–Kier alpha value is -2.17. The Morgan fingerprint density at radius 2 is 2.00 bits per heavy atom. The third-order valence-corrected chi connectivity index (χ3v) is 3.63. The second kappa shape index (κ2) is 7.73. The number of benzene rings is 1. The first kappa shape index (κ1) is 16.2. The van der Waals surface area contributed by atoms with Gasteiger partial charge in [0.05, 0.1) is 6.20 Å². The summed E-state index contributed by atoms with van der Waals surface area (Å²) in [4.78, 5) is 8.89. The van der Waals surface area contributed by atoms with Crippen LogP contribution in [0.1, 0.15) is 32.3 Å². The molecule has 2 aromatic rings. The maximum atomic E-state index is 4.68. The molecular weight excluding hydrogens is 274 g/mol. The van der Waals surface area contributed by atoms with Crippen LogP contribution in [0.25, 0.3) is 0 Å². The number of nitrogens with zero attached hydrogens (tertiary/aromatic N) is 5. The van der Waals surface area contributed by atoms with Gasteiger partial charge in [0.2, 0.25) is 5.95 Å². The maximum absolute atomic E-state index is 4.68. The van der Waals surface area contributed by atoms with Crippen LogP contribution < -0.4 is 9.80 Å². The molecule has 1 aromatic carbocycles. The van der Waals surface area contributed by atoms with Gasteiger partial charge in [-0.1, -0.05) is 25.5 Å². The van der Waals surface area contributed by atoms with Crippen molar-refractivity contribution in [2.45, 2.75) is 33.6 Å². The molecule has 0 aliphatic heterocycles. The van der Waals surface area contributed by atoms with Crippen LogP contribution in [0.4, 0.5) is 17.5 Å². The highest BCUT2D eigenvalue weighted by Gasteiger charge is 2.12. The molecule has 22 heavy (non-hydrogen) atoms. The van der Waals surface area contributed by atoms with Gasteiger partial charge in [0, 0.05) is 25.8 Å². The van der Waals surface area contributed by atoms with Crippen molar-refractivity contribution in [3.05, 3.63) is 36.0 Å². The largest absolute Gasteiger partial charge is 0.343 e. The van der Waals surface area contributed by atoms with Crippen LogP contribution in [-0.4, -0.2) is 35.3 Å². The van der Waals surface area contributed by atoms with E-state index in [1.54, 1.807) is 6.20 Å². The van der Waals surface area contributed by atoms with Crippen LogP contribution in [0, 0.1) is 6.92 Å². The lowest BCUT2D eigenvalue weighted by Gasteiger charge is -2.23. The van der Waals surface area contributed by atoms with E-state index in [0.717, 1.165) is 37.4 Å². The minimum Gasteiger partial charge on any atom is -0.343 e. The average molecular weight is 299 g/mol. The Kier molecular flexibility index (Phi) is 5.69. The Balaban J connectivity index is 2.26. The van der Waals surface area contributed by atoms with Crippen molar-refractivity contribution in [1.29, 1.82) is 0 Å². The van der Waals surface area contributed by atoms with Crippen molar-refractivity contribution < 1.29 is 0 Å². The quantitative estimate of drug-likeness (QED) is 0.782. The summed E-state index contributed by atoms with van der Waals surface area (Å²) in [6.07, 6.45) is 4.00. The summed E-state index contributed by atoms with van der Waals surface area (Å²) < 4.78 is 0. The van der Waals surface area contributed by atoms with E-state index in [0.29, 0.717) is 5.95 Å². The molecule has 1 heterocycles. The normalized spacial score (nSPS) is 10.5. The van der Waals surface area contributed by atoms with Crippen LogP contribution in [-0.2, 0) is 0 Å². The minimum atomic E-state index is 0.678. The van der Waals surface area contributed by atoms with Crippen LogP contribution >= 0.6 is 0 Å². The lowest BCUT2D eigenvalue weighted by molar-refractivity contribution is 0.738. The second-order valence-corrected chi connectivity index (χ2v) is 5.47. The molecule has 0 unspecified atom stereocenters. The molecule has 0 bridgehead atoms. The topological polar surface area (TPSA) is 45.2 Å². The molecule has 0 atom stereocenters. The number of aromatic nitrogens is 3. The maximum Gasteiger partial charge on any atom is 0.247 e. The third kappa shape index (κ3) is 3.93. The van der Waals surface area contributed by atoms with Gasteiger partial charge < -0.3 is 9.80 Å². The molecule has 0 aliphatic rings. The molecule has 1 aromatic heterocycles. The van der Waals surface area contributed by atoms with Crippen molar-refractivity contribution in [2.75, 3.05) is 29.9 Å². The van der Waals surface area contributed by atoms with Crippen LogP contribution in [0.2, 0.25) is 0 Å². The van der Waals surface area contributed by atoms with Gasteiger partial charge in [-0.25, -0.2) is 0 Å². The van der Waals surface area contributed by atoms with E-state index in [1.165, 1.54) is 5.56 Å². The van der Waals surface area contributed by atoms with Gasteiger partial charge in [-0.05, 0) is 38.0 Å². The highest BCUT2D eigenvalue weighted by molar-refractivity contribution is 5.60. The van der Waals surface area contributed by atoms with Gasteiger partial charge in [-0.15, -0.1) is 5.10 Å². The zero-order valence-electron chi connectivity index (χ0n) is 14.0. The van der Waals surface area contributed by atoms with Crippen LogP contribution in [0.15, 0.2) is 30.5 Å². The van der Waals surface area contributed by atoms with Crippen molar-refractivity contribution >= 4 is 17.5 Å². The van der Waals surface area contributed by atoms with Crippen molar-refractivity contribution in [1.82, 2.24) is 15.2 Å². The molecule has 5 nitrogen and oxygen atoms in total. The number of rotatable bonds is 7. The molecule has 0 amide bonds. The van der Waals surface area contributed by atoms with E-state index in [2.05, 4.69) is 70.0 Å². The van der Waals surface area contributed by atoms with E-state index in [9.17, 15) is 0 Å². The van der Waals surface area contributed by atoms with Crippen LogP contribution in [0.5, 0.6) is 0 Å². The molecule has 118 valence electrons. The summed E-state index contributed by atoms with van der Waals surface area (Å²) >= 11 is 0. The van der Waals surface area contributed by atoms with Gasteiger partial charge >= 0.3 is 0 Å². The monoisotopic (exact) mass is 299 g/mol. The fourth-order valence-electron chi connectivity index (χ4n) is 2.35. The lowest BCUT2D eigenvalue weighted by atomic mass is 10.2. The predicted molar refractivity (Wildman–Crippen MR) is 91.9 cm³/mol. The summed E-state index contributed by atoms with van der Waals surface area (Å²) in [6.45, 7) is 8.17. The Morgan fingerprint density at radius 1 is 1.18 bits per heavy atom. The molecule has 0 saturated carbocycles. The fourth-order valence-corrected chi connectivity index (χ4v) is 2.35. The molecule has 5 heteroatoms. The number of hydrogen-bond acceptors (Lipinski definition) is 5. The summed E-state index contributed by atoms with van der Waals surface area (Å²) in [6, 6.07) is 8.42. The first-order valence-electron chi connectivity index (χ1n) is 7.90. The smallest absolute Gasteiger partial charge is 0.247 e. The molecule has 0 fully saturated rings. The Bertz CT molecular complexity index is 599. The third-order valence-electron chi connectivity index (χ3n) is 3.63. The first-order chi connectivity index (χ1) is 10.7. The van der Waals surface area contributed by atoms with Gasteiger partial charge in [0.15, 0.2) is 5.82 Å². The van der Waals surface area contributed by atoms with Crippen LogP contribution in [0.3, 0.4) is 0 Å². The summed E-state index contributed by atoms with van der Waals surface area (Å²) in [5.41, 5.74) is 2.36. The van der Waals surface area contributed by atoms with E-state index in [4.69, 9.17) is 0 Å². The molecule has 0 saturated heterocycles. The van der Waals surface area contributed by atoms with E-state index < -0.39 is 0 Å². The van der Waals surface area contributed by atoms with Crippen molar-refractivity contribution in [3.8, 4) is 0 Å². The van der Waals surface area contributed by atoms with Gasteiger partial charge in [0.1, 0.15) is 0 Å². The number of aryl methyl sites for hydroxylation is 1. The van der Waals surface area contributed by atoms with Gasteiger partial charge in [-0.2, -0.15) is 10.1 Å². The number of hydrogen-bond donors (Lipinski definition) is 0. The molecule has 0 spiro atoms. The predicted octanol–water partition coefficient (Wildman–Crippen LogP) is 3.57. The van der Waals surface area contributed by atoms with E-state index >= 15 is 0 Å². The molecule has 2 rings (SSSR count). The second-order valence-electron chi connectivity index (χ2n) is 5.47. The van der Waals surface area contributed by atoms with Crippen molar-refractivity contribution in [3.63, 3.8) is 0 Å². The van der Waals surface area contributed by atoms with Gasteiger partial charge in [0.25, 0.3) is 0 Å². The lowest BCUT2D eigenvalue weighted by Crippen LogP contribution is -2.24. The minimum absolute atomic E-state index is 0.678. The highest BCUT2D eigenvalue weighted by Crippen LogP contribution is 2.24. The zero-order chi connectivity index (χ0) is 15.9. The molecule has 0 N–H and O–H groups in total. The SMILES string of the molecule is CCCCN(C)c1nncc(N(CC)c2cccc(C)c2)n1. The standard InChI is InChI=1S/C17H25N5/c1-5-7-11-21(4)17-19-16(13-18-20-17)22(6-2)15-10-8-9-14(3)12-15/h8-10,12-13H,5-7,11H2,1-4H3. The highest BCUT2D eigenvalue weighted by atomic mass is 15.3. The Morgan fingerprint density at radius 3 is 2.68 bits per heavy atom. The van der Waals surface area contributed by atoms with Gasteiger partial charge in [-0.3, -0.25) is 0 Å². The number of unbranched alkanes of at least 4 members (excludes halogenated alkanes) is 1. The molecule has 0 radical (unpaired) electrons. The average Bonchev–Trinajstić information content (AvgIpc) is 2.54.